The number of carbonyl (C=O) groups excluding carboxylic acids is 1. The molecule has 11 heteroatoms. The third-order valence-corrected chi connectivity index (χ3v) is 13.7. The summed E-state index contributed by atoms with van der Waals surface area (Å²) in [5.41, 5.74) is 3.35. The molecule has 0 saturated carbocycles. The molecule has 0 atom stereocenters. The lowest BCUT2D eigenvalue weighted by molar-refractivity contribution is 0.00722. The number of nitrogens with zero attached hydrogens (tertiary/aromatic N) is 3. The normalized spacial score (nSPS) is 12.3. The molecule has 2 heterocycles. The van der Waals surface area contributed by atoms with Crippen molar-refractivity contribution in [1.29, 1.82) is 0 Å². The van der Waals surface area contributed by atoms with Crippen LogP contribution >= 0.6 is 11.8 Å². The lowest BCUT2D eigenvalue weighted by Gasteiger charge is -2.36. The molecule has 0 fully saturated rings. The predicted octanol–water partition coefficient (Wildman–Crippen LogP) is 7.18. The van der Waals surface area contributed by atoms with Crippen LogP contribution in [0, 0.1) is 0 Å². The number of amides is 1. The first kappa shape index (κ1) is 36.5. The number of aromatic nitrogens is 3. The Morgan fingerprint density at radius 3 is 2.26 bits per heavy atom. The van der Waals surface area contributed by atoms with Crippen LogP contribution in [0.5, 0.6) is 0 Å². The maximum atomic E-state index is 12.4. The average Bonchev–Trinajstić information content (AvgIpc) is 3.40. The summed E-state index contributed by atoms with van der Waals surface area (Å²) in [4.78, 5) is 18.7. The van der Waals surface area contributed by atoms with Crippen LogP contribution in [0.2, 0.25) is 18.1 Å². The van der Waals surface area contributed by atoms with Gasteiger partial charge in [0.2, 0.25) is 0 Å². The lowest BCUT2D eigenvalue weighted by atomic mass is 10.2. The highest BCUT2D eigenvalue weighted by atomic mass is 32.2. The second-order valence-electron chi connectivity index (χ2n) is 12.5. The molecule has 0 bridgehead atoms. The summed E-state index contributed by atoms with van der Waals surface area (Å²) in [5, 5.41) is 8.87. The van der Waals surface area contributed by atoms with Gasteiger partial charge in [0.25, 0.3) is 5.91 Å². The van der Waals surface area contributed by atoms with E-state index >= 15 is 0 Å². The van der Waals surface area contributed by atoms with E-state index in [4.69, 9.17) is 23.7 Å². The zero-order valence-electron chi connectivity index (χ0n) is 28.5. The summed E-state index contributed by atoms with van der Waals surface area (Å²) in [7, 11) is -0.0926. The average molecular weight is 677 g/mol. The smallest absolute Gasteiger partial charge is 0.252 e. The maximum absolute atomic E-state index is 12.4. The highest BCUT2D eigenvalue weighted by Gasteiger charge is 2.36. The first-order chi connectivity index (χ1) is 22.6. The van der Waals surface area contributed by atoms with Crippen molar-refractivity contribution in [3.63, 3.8) is 0 Å². The van der Waals surface area contributed by atoms with Crippen molar-refractivity contribution in [1.82, 2.24) is 20.1 Å². The summed E-state index contributed by atoms with van der Waals surface area (Å²) in [6, 6.07) is 19.7. The molecule has 2 aromatic heterocycles. The summed E-state index contributed by atoms with van der Waals surface area (Å²) < 4.78 is 25.4. The molecule has 0 aliphatic carbocycles. The Kier molecular flexibility index (Phi) is 13.8. The molecule has 0 unspecified atom stereocenters. The van der Waals surface area contributed by atoms with Crippen LogP contribution in [-0.4, -0.2) is 82.3 Å². The van der Waals surface area contributed by atoms with Gasteiger partial charge in [0, 0.05) is 28.4 Å². The molecule has 2 aromatic carbocycles. The molecule has 0 saturated heterocycles. The molecule has 0 spiro atoms. The highest BCUT2D eigenvalue weighted by molar-refractivity contribution is 7.99. The minimum Gasteiger partial charge on any atom is -0.414 e. The van der Waals surface area contributed by atoms with Crippen LogP contribution in [-0.2, 0) is 25.2 Å². The van der Waals surface area contributed by atoms with Gasteiger partial charge >= 0.3 is 0 Å². The Hall–Kier alpha value is -3.32. The van der Waals surface area contributed by atoms with E-state index in [0.717, 1.165) is 32.1 Å². The summed E-state index contributed by atoms with van der Waals surface area (Å²) in [5.74, 6) is -0.110. The quantitative estimate of drug-likeness (QED) is 0.0875. The first-order valence-electron chi connectivity index (χ1n) is 16.0. The number of carbonyl (C=O) groups is 1. The van der Waals surface area contributed by atoms with E-state index in [1.807, 2.05) is 59.3 Å². The molecule has 1 amide bonds. The Morgan fingerprint density at radius 1 is 0.894 bits per heavy atom. The van der Waals surface area contributed by atoms with E-state index < -0.39 is 8.32 Å². The van der Waals surface area contributed by atoms with Crippen molar-refractivity contribution in [3.8, 4) is 0 Å². The largest absolute Gasteiger partial charge is 0.414 e. The fraction of sp³-hybridized carbons (Fsp3) is 0.417. The molecule has 0 aliphatic rings. The fourth-order valence-corrected chi connectivity index (χ4v) is 6.45. The number of pyridine rings is 1. The fourth-order valence-electron chi connectivity index (χ4n) is 4.45. The standard InChI is InChI=1S/C36H48N4O5SSi/c1-36(2,3)47(5,6)45-26-25-44-24-23-43-22-21-42-20-19-40-33-27-29(46-34-13-8-7-12-31(34)35(41)37-4)15-16-30(33)32(39-40)17-14-28-11-9-10-18-38-28/h7-18,27H,19-26H2,1-6H3,(H,37,41)/b17-14+. The lowest BCUT2D eigenvalue weighted by Crippen LogP contribution is -2.41. The van der Waals surface area contributed by atoms with Crippen LogP contribution in [0.25, 0.3) is 23.1 Å². The van der Waals surface area contributed by atoms with Crippen molar-refractivity contribution < 1.29 is 23.4 Å². The van der Waals surface area contributed by atoms with Crippen molar-refractivity contribution in [3.05, 3.63) is 83.8 Å². The van der Waals surface area contributed by atoms with Crippen LogP contribution < -0.4 is 5.32 Å². The van der Waals surface area contributed by atoms with Gasteiger partial charge < -0.3 is 24.0 Å². The number of ether oxygens (including phenoxy) is 3. The zero-order valence-corrected chi connectivity index (χ0v) is 30.3. The molecule has 4 aromatic rings. The monoisotopic (exact) mass is 676 g/mol. The van der Waals surface area contributed by atoms with Crippen LogP contribution in [0.4, 0.5) is 0 Å². The first-order valence-corrected chi connectivity index (χ1v) is 19.8. The van der Waals surface area contributed by atoms with Gasteiger partial charge in [-0.05, 0) is 72.7 Å². The van der Waals surface area contributed by atoms with Gasteiger partial charge in [-0.2, -0.15) is 5.10 Å². The van der Waals surface area contributed by atoms with E-state index in [9.17, 15) is 4.79 Å². The second kappa shape index (κ2) is 17.7. The number of fused-ring (bicyclic) bond motifs is 1. The number of benzene rings is 2. The molecular weight excluding hydrogens is 629 g/mol. The third kappa shape index (κ3) is 10.8. The van der Waals surface area contributed by atoms with Crippen molar-refractivity contribution in [2.75, 3.05) is 53.3 Å². The van der Waals surface area contributed by atoms with Gasteiger partial charge in [-0.25, -0.2) is 0 Å². The summed E-state index contributed by atoms with van der Waals surface area (Å²) in [6.07, 6.45) is 5.73. The van der Waals surface area contributed by atoms with Gasteiger partial charge in [0.05, 0.1) is 75.3 Å². The number of rotatable bonds is 18. The van der Waals surface area contributed by atoms with Gasteiger partial charge in [-0.15, -0.1) is 0 Å². The van der Waals surface area contributed by atoms with Gasteiger partial charge in [-0.1, -0.05) is 50.7 Å². The minimum atomic E-state index is -1.74. The van der Waals surface area contributed by atoms with Crippen LogP contribution in [0.15, 0.2) is 76.7 Å². The van der Waals surface area contributed by atoms with Gasteiger partial charge in [-0.3, -0.25) is 14.5 Å². The minimum absolute atomic E-state index is 0.110. The predicted molar refractivity (Wildman–Crippen MR) is 192 cm³/mol. The van der Waals surface area contributed by atoms with Crippen molar-refractivity contribution in [2.45, 2.75) is 55.2 Å². The maximum Gasteiger partial charge on any atom is 0.252 e. The molecule has 9 nitrogen and oxygen atoms in total. The SMILES string of the molecule is CNC(=O)c1ccccc1Sc1ccc2c(/C=C/c3ccccn3)nn(CCOCCOCCOCCO[Si](C)(C)C(C)(C)C)c2c1. The third-order valence-electron chi connectivity index (χ3n) is 8.13. The van der Waals surface area contributed by atoms with Gasteiger partial charge in [0.1, 0.15) is 0 Å². The van der Waals surface area contributed by atoms with E-state index in [2.05, 4.69) is 62.4 Å². The Morgan fingerprint density at radius 2 is 1.57 bits per heavy atom. The molecule has 1 N–H and O–H groups in total. The summed E-state index contributed by atoms with van der Waals surface area (Å²) in [6.45, 7) is 15.5. The molecule has 47 heavy (non-hydrogen) atoms. The van der Waals surface area contributed by atoms with Gasteiger partial charge in [0.15, 0.2) is 8.32 Å². The van der Waals surface area contributed by atoms with Crippen LogP contribution in [0.1, 0.15) is 42.5 Å². The Balaban J connectivity index is 1.31. The Bertz CT molecular complexity index is 1600. The summed E-state index contributed by atoms with van der Waals surface area (Å²) >= 11 is 1.56. The number of hydrogen-bond acceptors (Lipinski definition) is 8. The molecule has 0 radical (unpaired) electrons. The number of hydrogen-bond donors (Lipinski definition) is 1. The topological polar surface area (TPSA) is 96.7 Å². The van der Waals surface area contributed by atoms with Crippen molar-refractivity contribution in [2.24, 2.45) is 0 Å². The van der Waals surface area contributed by atoms with E-state index in [1.54, 1.807) is 25.0 Å². The molecule has 0 aliphatic heterocycles. The number of nitrogens with one attached hydrogen (secondary N) is 1. The molecule has 252 valence electrons. The van der Waals surface area contributed by atoms with E-state index in [1.165, 1.54) is 0 Å². The van der Waals surface area contributed by atoms with Crippen LogP contribution in [0.3, 0.4) is 0 Å². The molecule has 4 rings (SSSR count). The Labute approximate surface area is 284 Å². The van der Waals surface area contributed by atoms with E-state index in [-0.39, 0.29) is 10.9 Å². The van der Waals surface area contributed by atoms with E-state index in [0.29, 0.717) is 58.4 Å². The zero-order chi connectivity index (χ0) is 33.7. The second-order valence-corrected chi connectivity index (χ2v) is 18.4. The molecular formula is C36H48N4O5SSi. The highest BCUT2D eigenvalue weighted by Crippen LogP contribution is 2.36. The van der Waals surface area contributed by atoms with Crippen molar-refractivity contribution >= 4 is 49.0 Å².